The number of rotatable bonds is 5. The maximum absolute atomic E-state index is 11.3. The molecule has 1 aliphatic rings. The first kappa shape index (κ1) is 15.7. The average Bonchev–Trinajstić information content (AvgIpc) is 2.56. The van der Waals surface area contributed by atoms with Gasteiger partial charge in [-0.3, -0.25) is 4.90 Å². The number of hydrogen-bond acceptors (Lipinski definition) is 3. The average molecular weight is 310 g/mol. The summed E-state index contributed by atoms with van der Waals surface area (Å²) in [6, 6.07) is 18.2. The zero-order valence-corrected chi connectivity index (χ0v) is 13.1. The SMILES string of the molecule is O=C(O)c1ccccc1CN1CCN[C@@H](Cc2ccccc2)C1. The minimum Gasteiger partial charge on any atom is -0.478 e. The third-order valence-corrected chi connectivity index (χ3v) is 4.31. The van der Waals surface area contributed by atoms with E-state index in [-0.39, 0.29) is 0 Å². The molecular weight excluding hydrogens is 288 g/mol. The molecule has 0 bridgehead atoms. The van der Waals surface area contributed by atoms with Gasteiger partial charge in [-0.25, -0.2) is 4.79 Å². The van der Waals surface area contributed by atoms with Crippen LogP contribution >= 0.6 is 0 Å². The number of piperazine rings is 1. The van der Waals surface area contributed by atoms with Crippen molar-refractivity contribution in [2.45, 2.75) is 19.0 Å². The van der Waals surface area contributed by atoms with E-state index in [0.717, 1.165) is 31.6 Å². The van der Waals surface area contributed by atoms with Crippen molar-refractivity contribution in [3.8, 4) is 0 Å². The van der Waals surface area contributed by atoms with Crippen LogP contribution in [0.1, 0.15) is 21.5 Å². The van der Waals surface area contributed by atoms with Gasteiger partial charge in [0, 0.05) is 32.2 Å². The van der Waals surface area contributed by atoms with E-state index in [1.165, 1.54) is 5.56 Å². The molecular formula is C19H22N2O2. The molecule has 0 radical (unpaired) electrons. The lowest BCUT2D eigenvalue weighted by molar-refractivity contribution is 0.0694. The molecule has 23 heavy (non-hydrogen) atoms. The summed E-state index contributed by atoms with van der Waals surface area (Å²) < 4.78 is 0. The Morgan fingerprint density at radius 3 is 2.65 bits per heavy atom. The van der Waals surface area contributed by atoms with Crippen LogP contribution in [-0.2, 0) is 13.0 Å². The van der Waals surface area contributed by atoms with E-state index in [0.29, 0.717) is 18.2 Å². The van der Waals surface area contributed by atoms with E-state index in [4.69, 9.17) is 0 Å². The second-order valence-corrected chi connectivity index (χ2v) is 6.04. The molecule has 2 N–H and O–H groups in total. The zero-order valence-electron chi connectivity index (χ0n) is 13.1. The van der Waals surface area contributed by atoms with Gasteiger partial charge >= 0.3 is 5.97 Å². The van der Waals surface area contributed by atoms with Gasteiger partial charge in [-0.1, -0.05) is 48.5 Å². The van der Waals surface area contributed by atoms with E-state index in [1.54, 1.807) is 12.1 Å². The van der Waals surface area contributed by atoms with Crippen molar-refractivity contribution in [2.24, 2.45) is 0 Å². The molecule has 1 heterocycles. The maximum Gasteiger partial charge on any atom is 0.336 e. The predicted molar refractivity (Wildman–Crippen MR) is 90.6 cm³/mol. The van der Waals surface area contributed by atoms with Crippen LogP contribution in [0.4, 0.5) is 0 Å². The number of benzene rings is 2. The normalized spacial score (nSPS) is 18.7. The fraction of sp³-hybridized carbons (Fsp3) is 0.316. The zero-order chi connectivity index (χ0) is 16.1. The second-order valence-electron chi connectivity index (χ2n) is 6.04. The molecule has 4 nitrogen and oxygen atoms in total. The van der Waals surface area contributed by atoms with Crippen LogP contribution in [0.5, 0.6) is 0 Å². The van der Waals surface area contributed by atoms with Crippen LogP contribution in [0.25, 0.3) is 0 Å². The van der Waals surface area contributed by atoms with E-state index < -0.39 is 5.97 Å². The molecule has 2 aromatic carbocycles. The fourth-order valence-corrected chi connectivity index (χ4v) is 3.18. The number of aromatic carboxylic acids is 1. The maximum atomic E-state index is 11.3. The Morgan fingerprint density at radius 1 is 1.13 bits per heavy atom. The Bertz CT molecular complexity index is 657. The smallest absolute Gasteiger partial charge is 0.336 e. The van der Waals surface area contributed by atoms with Gasteiger partial charge < -0.3 is 10.4 Å². The summed E-state index contributed by atoms with van der Waals surface area (Å²) in [5.74, 6) is -0.850. The molecule has 2 aromatic rings. The summed E-state index contributed by atoms with van der Waals surface area (Å²) in [4.78, 5) is 13.7. The Balaban J connectivity index is 1.64. The molecule has 1 saturated heterocycles. The van der Waals surface area contributed by atoms with E-state index in [2.05, 4.69) is 34.5 Å². The van der Waals surface area contributed by atoms with Gasteiger partial charge in [-0.05, 0) is 23.6 Å². The van der Waals surface area contributed by atoms with Crippen LogP contribution in [0, 0.1) is 0 Å². The van der Waals surface area contributed by atoms with Gasteiger partial charge in [-0.15, -0.1) is 0 Å². The number of nitrogens with one attached hydrogen (secondary N) is 1. The van der Waals surface area contributed by atoms with Gasteiger partial charge in [0.05, 0.1) is 5.56 Å². The molecule has 0 amide bonds. The monoisotopic (exact) mass is 310 g/mol. The Morgan fingerprint density at radius 2 is 1.87 bits per heavy atom. The largest absolute Gasteiger partial charge is 0.478 e. The first-order valence-electron chi connectivity index (χ1n) is 8.03. The Kier molecular flexibility index (Phi) is 5.05. The van der Waals surface area contributed by atoms with E-state index >= 15 is 0 Å². The lowest BCUT2D eigenvalue weighted by atomic mass is 10.0. The summed E-state index contributed by atoms with van der Waals surface area (Å²) >= 11 is 0. The van der Waals surface area contributed by atoms with E-state index in [1.807, 2.05) is 18.2 Å². The third kappa shape index (κ3) is 4.18. The lowest BCUT2D eigenvalue weighted by Crippen LogP contribution is -2.51. The van der Waals surface area contributed by atoms with Crippen molar-refractivity contribution >= 4 is 5.97 Å². The minimum atomic E-state index is -0.850. The molecule has 0 aliphatic carbocycles. The molecule has 1 atom stereocenters. The topological polar surface area (TPSA) is 52.6 Å². The molecule has 1 fully saturated rings. The predicted octanol–water partition coefficient (Wildman–Crippen LogP) is 2.40. The lowest BCUT2D eigenvalue weighted by Gasteiger charge is -2.34. The van der Waals surface area contributed by atoms with Crippen molar-refractivity contribution in [3.63, 3.8) is 0 Å². The standard InChI is InChI=1S/C19H22N2O2/c22-19(23)18-9-5-4-8-16(18)13-21-11-10-20-17(14-21)12-15-6-2-1-3-7-15/h1-9,17,20H,10-14H2,(H,22,23)/t17-/m0/s1. The summed E-state index contributed by atoms with van der Waals surface area (Å²) in [6.45, 7) is 3.50. The highest BCUT2D eigenvalue weighted by Gasteiger charge is 2.21. The van der Waals surface area contributed by atoms with Gasteiger partial charge in [0.2, 0.25) is 0 Å². The van der Waals surface area contributed by atoms with Crippen molar-refractivity contribution in [2.75, 3.05) is 19.6 Å². The number of carboxylic acid groups (broad SMARTS) is 1. The second kappa shape index (κ2) is 7.40. The number of nitrogens with zero attached hydrogens (tertiary/aromatic N) is 1. The highest BCUT2D eigenvalue weighted by molar-refractivity contribution is 5.89. The minimum absolute atomic E-state index is 0.406. The van der Waals surface area contributed by atoms with Crippen LogP contribution in [0.15, 0.2) is 54.6 Å². The summed E-state index contributed by atoms with van der Waals surface area (Å²) in [7, 11) is 0. The molecule has 0 saturated carbocycles. The van der Waals surface area contributed by atoms with Gasteiger partial charge in [0.15, 0.2) is 0 Å². The van der Waals surface area contributed by atoms with Crippen molar-refractivity contribution < 1.29 is 9.90 Å². The molecule has 0 aromatic heterocycles. The first-order chi connectivity index (χ1) is 11.2. The Hall–Kier alpha value is -2.17. The Labute approximate surface area is 136 Å². The van der Waals surface area contributed by atoms with Crippen LogP contribution in [0.2, 0.25) is 0 Å². The summed E-state index contributed by atoms with van der Waals surface area (Å²) in [5, 5.41) is 12.9. The number of hydrogen-bond donors (Lipinski definition) is 2. The highest BCUT2D eigenvalue weighted by Crippen LogP contribution is 2.14. The summed E-state index contributed by atoms with van der Waals surface area (Å²) in [6.07, 6.45) is 0.998. The van der Waals surface area contributed by atoms with Gasteiger partial charge in [0.25, 0.3) is 0 Å². The van der Waals surface area contributed by atoms with Crippen molar-refractivity contribution in [3.05, 3.63) is 71.3 Å². The van der Waals surface area contributed by atoms with Crippen molar-refractivity contribution in [1.82, 2.24) is 10.2 Å². The third-order valence-electron chi connectivity index (χ3n) is 4.31. The molecule has 0 spiro atoms. The fourth-order valence-electron chi connectivity index (χ4n) is 3.18. The summed E-state index contributed by atoms with van der Waals surface area (Å²) in [5.41, 5.74) is 2.63. The van der Waals surface area contributed by atoms with Gasteiger partial charge in [-0.2, -0.15) is 0 Å². The molecule has 0 unspecified atom stereocenters. The van der Waals surface area contributed by atoms with Crippen LogP contribution < -0.4 is 5.32 Å². The van der Waals surface area contributed by atoms with Crippen LogP contribution in [-0.4, -0.2) is 41.7 Å². The number of carboxylic acids is 1. The number of carbonyl (C=O) groups is 1. The van der Waals surface area contributed by atoms with Crippen molar-refractivity contribution in [1.29, 1.82) is 0 Å². The molecule has 120 valence electrons. The molecule has 4 heteroatoms. The molecule has 3 rings (SSSR count). The quantitative estimate of drug-likeness (QED) is 0.890. The van der Waals surface area contributed by atoms with E-state index in [9.17, 15) is 9.90 Å². The van der Waals surface area contributed by atoms with Crippen LogP contribution in [0.3, 0.4) is 0 Å². The molecule has 1 aliphatic heterocycles. The first-order valence-corrected chi connectivity index (χ1v) is 8.03. The van der Waals surface area contributed by atoms with Gasteiger partial charge in [0.1, 0.15) is 0 Å². The highest BCUT2D eigenvalue weighted by atomic mass is 16.4.